The molecular weight excluding hydrogens is 286 g/mol. The Hall–Kier alpha value is -0.850. The van der Waals surface area contributed by atoms with E-state index < -0.39 is 10.0 Å². The molecule has 6 heteroatoms. The zero-order valence-corrected chi connectivity index (χ0v) is 14.0. The maximum atomic E-state index is 12.3. The summed E-state index contributed by atoms with van der Waals surface area (Å²) in [7, 11) is -3.38. The van der Waals surface area contributed by atoms with Crippen LogP contribution >= 0.6 is 0 Å². The minimum absolute atomic E-state index is 0.376. The highest BCUT2D eigenvalue weighted by Gasteiger charge is 2.23. The summed E-state index contributed by atoms with van der Waals surface area (Å²) >= 11 is 0. The van der Waals surface area contributed by atoms with Crippen molar-refractivity contribution >= 4 is 10.0 Å². The zero-order chi connectivity index (χ0) is 15.5. The van der Waals surface area contributed by atoms with Crippen LogP contribution in [-0.2, 0) is 23.1 Å². The van der Waals surface area contributed by atoms with E-state index in [9.17, 15) is 8.42 Å². The molecule has 2 N–H and O–H groups in total. The second-order valence-corrected chi connectivity index (χ2v) is 7.89. The maximum Gasteiger partial charge on any atom is 0.242 e. The minimum Gasteiger partial charge on any atom is -0.349 e. The molecule has 0 atom stereocenters. The predicted octanol–water partition coefficient (Wildman–Crippen LogP) is 2.08. The van der Waals surface area contributed by atoms with Crippen LogP contribution in [0.5, 0.6) is 0 Å². The third-order valence-electron chi connectivity index (χ3n) is 3.84. The number of sulfonamides is 1. The van der Waals surface area contributed by atoms with Gasteiger partial charge in [0.05, 0.1) is 4.90 Å². The molecule has 0 aromatic carbocycles. The van der Waals surface area contributed by atoms with Crippen LogP contribution in [0.1, 0.15) is 45.7 Å². The molecule has 1 aromatic rings. The molecule has 0 radical (unpaired) electrons. The van der Waals surface area contributed by atoms with Crippen molar-refractivity contribution in [3.63, 3.8) is 0 Å². The summed E-state index contributed by atoms with van der Waals surface area (Å²) in [4.78, 5) is 0.376. The van der Waals surface area contributed by atoms with E-state index in [1.807, 2.05) is 11.5 Å². The zero-order valence-electron chi connectivity index (χ0n) is 13.2. The van der Waals surface area contributed by atoms with Crippen molar-refractivity contribution in [3.8, 4) is 0 Å². The summed E-state index contributed by atoms with van der Waals surface area (Å²) in [5.41, 5.74) is 1.01. The monoisotopic (exact) mass is 313 g/mol. The average molecular weight is 313 g/mol. The normalized spacial score (nSPS) is 15.8. The first-order valence-corrected chi connectivity index (χ1v) is 9.32. The van der Waals surface area contributed by atoms with Crippen molar-refractivity contribution in [3.05, 3.63) is 18.0 Å². The third kappa shape index (κ3) is 4.83. The Bertz CT molecular complexity index is 559. The van der Waals surface area contributed by atoms with Gasteiger partial charge < -0.3 is 9.88 Å². The van der Waals surface area contributed by atoms with Crippen molar-refractivity contribution in [1.29, 1.82) is 0 Å². The number of aromatic nitrogens is 1. The largest absolute Gasteiger partial charge is 0.349 e. The average Bonchev–Trinajstić information content (AvgIpc) is 3.13. The van der Waals surface area contributed by atoms with Crippen molar-refractivity contribution in [2.45, 2.75) is 64.1 Å². The van der Waals surface area contributed by atoms with Crippen LogP contribution in [0.25, 0.3) is 0 Å². The highest BCUT2D eigenvalue weighted by Crippen LogP contribution is 2.31. The Balaban J connectivity index is 2.02. The molecule has 1 aliphatic rings. The van der Waals surface area contributed by atoms with Gasteiger partial charge in [-0.3, -0.25) is 0 Å². The first-order valence-electron chi connectivity index (χ1n) is 7.84. The van der Waals surface area contributed by atoms with E-state index in [1.165, 1.54) is 12.8 Å². The van der Waals surface area contributed by atoms with E-state index in [0.717, 1.165) is 24.6 Å². The molecule has 0 unspecified atom stereocenters. The summed E-state index contributed by atoms with van der Waals surface area (Å²) in [6.45, 7) is 8.18. The Kier molecular flexibility index (Phi) is 5.46. The molecule has 1 saturated carbocycles. The quantitative estimate of drug-likeness (QED) is 0.734. The summed E-state index contributed by atoms with van der Waals surface area (Å²) in [5, 5.41) is 3.33. The third-order valence-corrected chi connectivity index (χ3v) is 5.27. The Morgan fingerprint density at radius 3 is 2.67 bits per heavy atom. The molecule has 0 spiro atoms. The molecule has 1 heterocycles. The molecule has 1 fully saturated rings. The molecule has 0 aliphatic heterocycles. The SMILES string of the molecule is CCn1cc(S(=O)(=O)NCCC2CC2)cc1CNC(C)C. The number of aryl methyl sites for hydroxylation is 1. The van der Waals surface area contributed by atoms with Gasteiger partial charge in [0.25, 0.3) is 0 Å². The maximum absolute atomic E-state index is 12.3. The van der Waals surface area contributed by atoms with E-state index in [4.69, 9.17) is 0 Å². The van der Waals surface area contributed by atoms with E-state index in [0.29, 0.717) is 24.0 Å². The number of hydrogen-bond acceptors (Lipinski definition) is 3. The number of rotatable bonds is 9. The number of hydrogen-bond donors (Lipinski definition) is 2. The van der Waals surface area contributed by atoms with Gasteiger partial charge in [-0.2, -0.15) is 0 Å². The van der Waals surface area contributed by atoms with Gasteiger partial charge >= 0.3 is 0 Å². The van der Waals surface area contributed by atoms with Gasteiger partial charge in [0.1, 0.15) is 0 Å². The van der Waals surface area contributed by atoms with E-state index >= 15 is 0 Å². The van der Waals surface area contributed by atoms with Crippen molar-refractivity contribution < 1.29 is 8.42 Å². The summed E-state index contributed by atoms with van der Waals surface area (Å²) < 4.78 is 29.3. The minimum atomic E-state index is -3.38. The van der Waals surface area contributed by atoms with Gasteiger partial charge in [0.15, 0.2) is 0 Å². The lowest BCUT2D eigenvalue weighted by Crippen LogP contribution is -2.24. The molecule has 2 rings (SSSR count). The molecule has 1 aromatic heterocycles. The Labute approximate surface area is 128 Å². The fourth-order valence-corrected chi connectivity index (χ4v) is 3.42. The smallest absolute Gasteiger partial charge is 0.242 e. The van der Waals surface area contributed by atoms with Gasteiger partial charge in [0, 0.05) is 37.6 Å². The van der Waals surface area contributed by atoms with Gasteiger partial charge in [-0.05, 0) is 25.3 Å². The lowest BCUT2D eigenvalue weighted by atomic mass is 10.3. The topological polar surface area (TPSA) is 63.1 Å². The lowest BCUT2D eigenvalue weighted by Gasteiger charge is -2.09. The highest BCUT2D eigenvalue weighted by atomic mass is 32.2. The van der Waals surface area contributed by atoms with Crippen LogP contribution in [0.4, 0.5) is 0 Å². The van der Waals surface area contributed by atoms with E-state index in [2.05, 4.69) is 23.9 Å². The second kappa shape index (κ2) is 6.94. The van der Waals surface area contributed by atoms with Crippen molar-refractivity contribution in [2.75, 3.05) is 6.54 Å². The molecule has 5 nitrogen and oxygen atoms in total. The molecule has 1 aliphatic carbocycles. The van der Waals surface area contributed by atoms with Crippen molar-refractivity contribution in [1.82, 2.24) is 14.6 Å². The van der Waals surface area contributed by atoms with Crippen LogP contribution in [0.2, 0.25) is 0 Å². The first kappa shape index (κ1) is 16.5. The molecule has 0 bridgehead atoms. The van der Waals surface area contributed by atoms with Crippen molar-refractivity contribution in [2.24, 2.45) is 5.92 Å². The summed E-state index contributed by atoms with van der Waals surface area (Å²) in [6, 6.07) is 2.15. The van der Waals surface area contributed by atoms with Crippen LogP contribution in [0.15, 0.2) is 17.2 Å². The number of nitrogens with one attached hydrogen (secondary N) is 2. The van der Waals surface area contributed by atoms with Crippen LogP contribution in [0.3, 0.4) is 0 Å². The molecule has 0 amide bonds. The second-order valence-electron chi connectivity index (χ2n) is 6.12. The molecule has 120 valence electrons. The lowest BCUT2D eigenvalue weighted by molar-refractivity contribution is 0.561. The fraction of sp³-hybridized carbons (Fsp3) is 0.733. The van der Waals surface area contributed by atoms with Gasteiger partial charge in [-0.15, -0.1) is 0 Å². The van der Waals surface area contributed by atoms with E-state index in [-0.39, 0.29) is 0 Å². The number of nitrogens with zero attached hydrogens (tertiary/aromatic N) is 1. The standard InChI is InChI=1S/C15H27N3O2S/c1-4-18-11-15(9-14(18)10-16-12(2)3)21(19,20)17-8-7-13-5-6-13/h9,11-13,16-17H,4-8,10H2,1-3H3. The Morgan fingerprint density at radius 1 is 1.38 bits per heavy atom. The van der Waals surface area contributed by atoms with Crippen LogP contribution in [0, 0.1) is 5.92 Å². The molecule has 0 saturated heterocycles. The first-order chi connectivity index (χ1) is 9.92. The van der Waals surface area contributed by atoms with Gasteiger partial charge in [-0.25, -0.2) is 13.1 Å². The fourth-order valence-electron chi connectivity index (χ4n) is 2.31. The van der Waals surface area contributed by atoms with Gasteiger partial charge in [-0.1, -0.05) is 26.7 Å². The predicted molar refractivity (Wildman–Crippen MR) is 84.6 cm³/mol. The Morgan fingerprint density at radius 2 is 2.10 bits per heavy atom. The highest BCUT2D eigenvalue weighted by molar-refractivity contribution is 7.89. The summed E-state index contributed by atoms with van der Waals surface area (Å²) in [6.07, 6.45) is 5.18. The van der Waals surface area contributed by atoms with Crippen LogP contribution < -0.4 is 10.0 Å². The molecular formula is C15H27N3O2S. The summed E-state index contributed by atoms with van der Waals surface area (Å²) in [5.74, 6) is 0.735. The van der Waals surface area contributed by atoms with Crippen LogP contribution in [-0.4, -0.2) is 25.6 Å². The molecule has 21 heavy (non-hydrogen) atoms. The van der Waals surface area contributed by atoms with E-state index in [1.54, 1.807) is 12.3 Å². The van der Waals surface area contributed by atoms with Gasteiger partial charge in [0.2, 0.25) is 10.0 Å².